The molecule has 128 valence electrons. The van der Waals surface area contributed by atoms with Gasteiger partial charge in [0.15, 0.2) is 5.69 Å². The predicted octanol–water partition coefficient (Wildman–Crippen LogP) is 2.10. The first-order valence-corrected chi connectivity index (χ1v) is 7.97. The van der Waals surface area contributed by atoms with Crippen molar-refractivity contribution in [2.45, 2.75) is 39.3 Å². The number of carbonyl (C=O) groups excluding carboxylic acids is 1. The van der Waals surface area contributed by atoms with E-state index in [0.717, 1.165) is 12.8 Å². The second-order valence-corrected chi connectivity index (χ2v) is 6.02. The van der Waals surface area contributed by atoms with Crippen LogP contribution in [0.15, 0.2) is 21.3 Å². The Morgan fingerprint density at radius 2 is 2.25 bits per heavy atom. The smallest absolute Gasteiger partial charge is 0.279 e. The second-order valence-electron chi connectivity index (χ2n) is 6.02. The van der Waals surface area contributed by atoms with Crippen molar-refractivity contribution in [2.24, 2.45) is 0 Å². The Morgan fingerprint density at radius 3 is 3.00 bits per heavy atom. The van der Waals surface area contributed by atoms with Gasteiger partial charge in [0.2, 0.25) is 0 Å². The summed E-state index contributed by atoms with van der Waals surface area (Å²) < 4.78 is 10.8. The molecule has 1 atom stereocenters. The highest BCUT2D eigenvalue weighted by molar-refractivity contribution is 5.92. The number of ether oxygens (including phenoxy) is 1. The summed E-state index contributed by atoms with van der Waals surface area (Å²) >= 11 is 0. The fourth-order valence-electron chi connectivity index (χ4n) is 3.00. The number of nitrogens with one attached hydrogen (secondary N) is 1. The summed E-state index contributed by atoms with van der Waals surface area (Å²) in [5.41, 5.74) is 0.806. The van der Waals surface area contributed by atoms with Crippen molar-refractivity contribution in [2.75, 3.05) is 13.7 Å². The van der Waals surface area contributed by atoms with Gasteiger partial charge in [-0.2, -0.15) is 0 Å². The number of carbonyl (C=O) groups is 1. The Hall–Kier alpha value is -2.41. The van der Waals surface area contributed by atoms with Gasteiger partial charge in [0.25, 0.3) is 11.5 Å². The lowest BCUT2D eigenvalue weighted by atomic mass is 10.1. The molecular weight excluding hydrogens is 310 g/mol. The maximum atomic E-state index is 12.8. The summed E-state index contributed by atoms with van der Waals surface area (Å²) in [6.07, 6.45) is 1.66. The molecule has 1 fully saturated rings. The van der Waals surface area contributed by atoms with Gasteiger partial charge in [-0.25, -0.2) is 4.98 Å². The van der Waals surface area contributed by atoms with E-state index in [-0.39, 0.29) is 17.6 Å². The predicted molar refractivity (Wildman–Crippen MR) is 86.8 cm³/mol. The van der Waals surface area contributed by atoms with Crippen LogP contribution in [0.5, 0.6) is 0 Å². The van der Waals surface area contributed by atoms with E-state index in [9.17, 15) is 9.59 Å². The molecule has 0 aromatic carbocycles. The molecule has 2 aromatic rings. The molecule has 1 amide bonds. The third-order valence-electron chi connectivity index (χ3n) is 4.35. The van der Waals surface area contributed by atoms with Crippen LogP contribution in [0, 0.1) is 13.8 Å². The Balaban J connectivity index is 1.88. The van der Waals surface area contributed by atoms with Crippen molar-refractivity contribution < 1.29 is 13.9 Å². The van der Waals surface area contributed by atoms with E-state index in [2.05, 4.69) is 9.97 Å². The van der Waals surface area contributed by atoms with Crippen molar-refractivity contribution in [3.05, 3.63) is 51.1 Å². The van der Waals surface area contributed by atoms with E-state index in [1.807, 2.05) is 12.1 Å². The van der Waals surface area contributed by atoms with E-state index in [1.165, 1.54) is 0 Å². The molecule has 0 saturated carbocycles. The number of aromatic nitrogens is 2. The summed E-state index contributed by atoms with van der Waals surface area (Å²) in [5.74, 6) is 1.08. The Kier molecular flexibility index (Phi) is 4.53. The van der Waals surface area contributed by atoms with E-state index in [0.29, 0.717) is 36.1 Å². The van der Waals surface area contributed by atoms with Gasteiger partial charge in [-0.1, -0.05) is 0 Å². The third kappa shape index (κ3) is 2.99. The fraction of sp³-hybridized carbons (Fsp3) is 0.471. The Bertz CT molecular complexity index is 808. The molecule has 0 bridgehead atoms. The van der Waals surface area contributed by atoms with Gasteiger partial charge in [-0.15, -0.1) is 0 Å². The first-order chi connectivity index (χ1) is 11.5. The van der Waals surface area contributed by atoms with Crippen LogP contribution < -0.4 is 5.56 Å². The molecule has 0 radical (unpaired) electrons. The molecule has 24 heavy (non-hydrogen) atoms. The highest BCUT2D eigenvalue weighted by atomic mass is 16.5. The van der Waals surface area contributed by atoms with E-state index in [4.69, 9.17) is 9.15 Å². The minimum atomic E-state index is -0.451. The molecule has 3 rings (SSSR count). The van der Waals surface area contributed by atoms with E-state index < -0.39 is 5.56 Å². The normalized spacial score (nSPS) is 17.5. The minimum absolute atomic E-state index is 0.0614. The van der Waals surface area contributed by atoms with Crippen LogP contribution in [0.25, 0.3) is 0 Å². The summed E-state index contributed by atoms with van der Waals surface area (Å²) in [6.45, 7) is 4.50. The minimum Gasteiger partial charge on any atom is -0.461 e. The number of likely N-dealkylation sites (tertiary alicyclic amines) is 1. The Labute approximate surface area is 139 Å². The lowest BCUT2D eigenvalue weighted by molar-refractivity contribution is 0.0707. The number of hydrogen-bond acceptors (Lipinski definition) is 5. The molecule has 1 N–H and O–H groups in total. The summed E-state index contributed by atoms with van der Waals surface area (Å²) in [4.78, 5) is 33.5. The second kappa shape index (κ2) is 6.60. The van der Waals surface area contributed by atoms with Crippen molar-refractivity contribution in [3.8, 4) is 0 Å². The van der Waals surface area contributed by atoms with Gasteiger partial charge in [-0.05, 0) is 38.8 Å². The zero-order chi connectivity index (χ0) is 17.3. The third-order valence-corrected chi connectivity index (χ3v) is 4.35. The first-order valence-electron chi connectivity index (χ1n) is 7.97. The number of furan rings is 1. The molecule has 7 nitrogen and oxygen atoms in total. The molecule has 0 spiro atoms. The SMILES string of the molecule is COCc1ccc(C2CCCN2C(=O)c2nc(C)c(C)[nH]c2=O)o1. The highest BCUT2D eigenvalue weighted by Gasteiger charge is 2.34. The average molecular weight is 331 g/mol. The van der Waals surface area contributed by atoms with Gasteiger partial charge in [0, 0.05) is 19.3 Å². The van der Waals surface area contributed by atoms with Crippen LogP contribution in [0.2, 0.25) is 0 Å². The highest BCUT2D eigenvalue weighted by Crippen LogP contribution is 2.33. The van der Waals surface area contributed by atoms with E-state index in [1.54, 1.807) is 25.9 Å². The van der Waals surface area contributed by atoms with Crippen LogP contribution in [-0.4, -0.2) is 34.4 Å². The number of H-pyrrole nitrogens is 1. The zero-order valence-corrected chi connectivity index (χ0v) is 14.1. The van der Waals surface area contributed by atoms with Crippen molar-refractivity contribution in [3.63, 3.8) is 0 Å². The molecule has 1 aliphatic heterocycles. The first kappa shape index (κ1) is 16.4. The summed E-state index contributed by atoms with van der Waals surface area (Å²) in [7, 11) is 1.60. The van der Waals surface area contributed by atoms with Crippen molar-refractivity contribution in [1.29, 1.82) is 0 Å². The van der Waals surface area contributed by atoms with Gasteiger partial charge in [0.05, 0.1) is 11.7 Å². The number of nitrogens with zero attached hydrogens (tertiary/aromatic N) is 2. The summed E-state index contributed by atoms with van der Waals surface area (Å²) in [6, 6.07) is 3.54. The summed E-state index contributed by atoms with van der Waals surface area (Å²) in [5, 5.41) is 0. The molecular formula is C17H21N3O4. The van der Waals surface area contributed by atoms with Crippen molar-refractivity contribution in [1.82, 2.24) is 14.9 Å². The number of hydrogen-bond donors (Lipinski definition) is 1. The van der Waals surface area contributed by atoms with Crippen LogP contribution in [-0.2, 0) is 11.3 Å². The van der Waals surface area contributed by atoms with E-state index >= 15 is 0 Å². The van der Waals surface area contributed by atoms with Crippen LogP contribution in [0.1, 0.15) is 52.3 Å². The zero-order valence-electron chi connectivity index (χ0n) is 14.1. The molecule has 7 heteroatoms. The molecule has 2 aromatic heterocycles. The quantitative estimate of drug-likeness (QED) is 0.927. The topological polar surface area (TPSA) is 88.4 Å². The number of aromatic amines is 1. The number of aryl methyl sites for hydroxylation is 2. The van der Waals surface area contributed by atoms with Crippen LogP contribution in [0.4, 0.5) is 0 Å². The van der Waals surface area contributed by atoms with Gasteiger partial charge < -0.3 is 19.0 Å². The fourth-order valence-corrected chi connectivity index (χ4v) is 3.00. The van der Waals surface area contributed by atoms with Gasteiger partial charge in [0.1, 0.15) is 18.1 Å². The molecule has 0 aliphatic carbocycles. The van der Waals surface area contributed by atoms with Crippen LogP contribution in [0.3, 0.4) is 0 Å². The number of rotatable bonds is 4. The maximum Gasteiger partial charge on any atom is 0.279 e. The lowest BCUT2D eigenvalue weighted by Gasteiger charge is -2.22. The molecule has 1 aliphatic rings. The number of methoxy groups -OCH3 is 1. The Morgan fingerprint density at radius 1 is 1.46 bits per heavy atom. The van der Waals surface area contributed by atoms with Crippen LogP contribution >= 0.6 is 0 Å². The molecule has 3 heterocycles. The van der Waals surface area contributed by atoms with Crippen molar-refractivity contribution >= 4 is 5.91 Å². The average Bonchev–Trinajstić information content (AvgIpc) is 3.19. The number of amides is 1. The lowest BCUT2D eigenvalue weighted by Crippen LogP contribution is -2.35. The standard InChI is InChI=1S/C17H21N3O4/c1-10-11(2)19-16(21)15(18-10)17(22)20-8-4-5-13(20)14-7-6-12(24-14)9-23-3/h6-7,13H,4-5,8-9H2,1-3H3,(H,19,21). The van der Waals surface area contributed by atoms with Gasteiger partial charge in [-0.3, -0.25) is 9.59 Å². The maximum absolute atomic E-state index is 12.8. The molecule has 1 unspecified atom stereocenters. The van der Waals surface area contributed by atoms with Gasteiger partial charge >= 0.3 is 0 Å². The molecule has 1 saturated heterocycles. The monoisotopic (exact) mass is 331 g/mol. The largest absolute Gasteiger partial charge is 0.461 e.